The van der Waals surface area contributed by atoms with Crippen molar-refractivity contribution >= 4 is 55.1 Å². The van der Waals surface area contributed by atoms with Gasteiger partial charge in [0, 0.05) is 33.7 Å². The summed E-state index contributed by atoms with van der Waals surface area (Å²) in [6.07, 6.45) is 0. The number of rotatable bonds is 1. The van der Waals surface area contributed by atoms with Crippen molar-refractivity contribution in [2.75, 3.05) is 4.90 Å². The minimum atomic E-state index is 0.277. The molecular formula is C28H19N3O. The molecule has 3 heterocycles. The Morgan fingerprint density at radius 1 is 0.750 bits per heavy atom. The first-order chi connectivity index (χ1) is 15.7. The molecule has 0 saturated heterocycles. The van der Waals surface area contributed by atoms with E-state index in [-0.39, 0.29) is 6.04 Å². The van der Waals surface area contributed by atoms with Crippen LogP contribution in [0.2, 0.25) is 0 Å². The Morgan fingerprint density at radius 2 is 1.59 bits per heavy atom. The Bertz CT molecular complexity index is 1780. The second-order valence-corrected chi connectivity index (χ2v) is 8.75. The number of aromatic nitrogens is 1. The summed E-state index contributed by atoms with van der Waals surface area (Å²) in [5, 5.41) is 14.3. The van der Waals surface area contributed by atoms with E-state index >= 15 is 0 Å². The zero-order valence-electron chi connectivity index (χ0n) is 17.8. The van der Waals surface area contributed by atoms with Gasteiger partial charge in [0.25, 0.3) is 0 Å². The summed E-state index contributed by atoms with van der Waals surface area (Å²) in [6.45, 7) is 4.41. The van der Waals surface area contributed by atoms with Gasteiger partial charge in [-0.05, 0) is 50.2 Å². The van der Waals surface area contributed by atoms with Crippen LogP contribution < -0.4 is 4.90 Å². The number of fused-ring (bicyclic) bond motifs is 8. The number of nitriles is 1. The predicted molar refractivity (Wildman–Crippen MR) is 130 cm³/mol. The summed E-state index contributed by atoms with van der Waals surface area (Å²) in [5.74, 6) is 0. The van der Waals surface area contributed by atoms with Gasteiger partial charge in [0.15, 0.2) is 0 Å². The zero-order chi connectivity index (χ0) is 21.6. The van der Waals surface area contributed by atoms with Crippen LogP contribution in [0, 0.1) is 11.3 Å². The van der Waals surface area contributed by atoms with Gasteiger partial charge in [-0.1, -0.05) is 30.3 Å². The molecule has 0 amide bonds. The highest BCUT2D eigenvalue weighted by atomic mass is 16.3. The van der Waals surface area contributed by atoms with Crippen LogP contribution in [0.1, 0.15) is 19.4 Å². The number of furan rings is 1. The summed E-state index contributed by atoms with van der Waals surface area (Å²) in [4.78, 5) is 2.37. The fourth-order valence-electron chi connectivity index (χ4n) is 5.37. The van der Waals surface area contributed by atoms with Gasteiger partial charge in [-0.25, -0.2) is 0 Å². The fourth-order valence-corrected chi connectivity index (χ4v) is 5.37. The molecule has 0 aliphatic carbocycles. The maximum atomic E-state index is 9.60. The Balaban J connectivity index is 1.72. The summed E-state index contributed by atoms with van der Waals surface area (Å²) < 4.78 is 8.53. The normalized spacial score (nSPS) is 12.9. The van der Waals surface area contributed by atoms with E-state index in [1.54, 1.807) is 0 Å². The monoisotopic (exact) mass is 413 g/mol. The van der Waals surface area contributed by atoms with Crippen molar-refractivity contribution in [2.24, 2.45) is 0 Å². The van der Waals surface area contributed by atoms with E-state index in [1.807, 2.05) is 24.3 Å². The second kappa shape index (κ2) is 5.93. The maximum absolute atomic E-state index is 9.60. The molecule has 0 N–H and O–H groups in total. The number of anilines is 2. The highest BCUT2D eigenvalue weighted by molar-refractivity contribution is 6.20. The average Bonchev–Trinajstić information content (AvgIpc) is 3.34. The molecule has 0 radical (unpaired) electrons. The first kappa shape index (κ1) is 17.5. The molecule has 4 heteroatoms. The Kier molecular flexibility index (Phi) is 3.23. The van der Waals surface area contributed by atoms with Gasteiger partial charge < -0.3 is 13.9 Å². The minimum absolute atomic E-state index is 0.277. The lowest BCUT2D eigenvalue weighted by atomic mass is 10.1. The van der Waals surface area contributed by atoms with Gasteiger partial charge in [-0.3, -0.25) is 0 Å². The number of hydrogen-bond acceptors (Lipinski definition) is 3. The van der Waals surface area contributed by atoms with Crippen molar-refractivity contribution < 1.29 is 4.42 Å². The van der Waals surface area contributed by atoms with Crippen molar-refractivity contribution in [3.05, 3.63) is 78.4 Å². The molecule has 0 saturated carbocycles. The van der Waals surface area contributed by atoms with Crippen molar-refractivity contribution in [3.63, 3.8) is 0 Å². The van der Waals surface area contributed by atoms with E-state index in [2.05, 4.69) is 77.9 Å². The second-order valence-electron chi connectivity index (χ2n) is 8.75. The van der Waals surface area contributed by atoms with E-state index in [1.165, 1.54) is 22.0 Å². The van der Waals surface area contributed by atoms with Crippen LogP contribution in [0.5, 0.6) is 0 Å². The summed E-state index contributed by atoms with van der Waals surface area (Å²) in [6, 6.07) is 27.7. The molecule has 1 aliphatic heterocycles. The van der Waals surface area contributed by atoms with Gasteiger partial charge >= 0.3 is 0 Å². The molecule has 1 aliphatic rings. The molecule has 6 aromatic rings. The third kappa shape index (κ3) is 2.05. The Hall–Kier alpha value is -4.23. The molecule has 0 spiro atoms. The maximum Gasteiger partial charge on any atom is 0.137 e. The molecule has 0 unspecified atom stereocenters. The third-order valence-corrected chi connectivity index (χ3v) is 6.65. The molecule has 0 fully saturated rings. The van der Waals surface area contributed by atoms with Crippen molar-refractivity contribution in [3.8, 4) is 11.8 Å². The van der Waals surface area contributed by atoms with Crippen LogP contribution in [0.15, 0.2) is 77.2 Å². The van der Waals surface area contributed by atoms with Crippen LogP contribution >= 0.6 is 0 Å². The summed E-state index contributed by atoms with van der Waals surface area (Å²) in [5.41, 5.74) is 8.04. The average molecular weight is 413 g/mol. The summed E-state index contributed by atoms with van der Waals surface area (Å²) in [7, 11) is 0. The molecule has 0 atom stereocenters. The number of hydrogen-bond donors (Lipinski definition) is 0. The van der Waals surface area contributed by atoms with E-state index in [9.17, 15) is 5.26 Å². The zero-order valence-corrected chi connectivity index (χ0v) is 17.8. The molecule has 152 valence electrons. The molecule has 2 aromatic heterocycles. The molecule has 7 rings (SSSR count). The van der Waals surface area contributed by atoms with Gasteiger partial charge in [0.1, 0.15) is 11.2 Å². The smallest absolute Gasteiger partial charge is 0.137 e. The first-order valence-corrected chi connectivity index (χ1v) is 10.9. The largest absolute Gasteiger partial charge is 0.456 e. The highest BCUT2D eigenvalue weighted by Crippen LogP contribution is 2.48. The molecule has 4 aromatic carbocycles. The van der Waals surface area contributed by atoms with Crippen molar-refractivity contribution in [1.29, 1.82) is 5.26 Å². The SMILES string of the molecule is CC(C)N1c2ccc(C#N)cc2-n2c3cc4oc5ccccc5c4cc3c3cccc1c32. The quantitative estimate of drug-likeness (QED) is 0.282. The number of nitrogens with zero attached hydrogens (tertiary/aromatic N) is 3. The summed E-state index contributed by atoms with van der Waals surface area (Å²) >= 11 is 0. The standard InChI is InChI=1S/C28H19N3O/c1-16(2)30-22-11-10-17(15-29)12-25(22)31-24-14-27-21(18-6-3-4-9-26(18)32-27)13-20(24)19-7-5-8-23(30)28(19)31/h3-14,16H,1-2H3. The highest BCUT2D eigenvalue weighted by Gasteiger charge is 2.29. The van der Waals surface area contributed by atoms with Gasteiger partial charge in [0.05, 0.1) is 39.7 Å². The molecule has 4 nitrogen and oxygen atoms in total. The Morgan fingerprint density at radius 3 is 2.44 bits per heavy atom. The topological polar surface area (TPSA) is 45.1 Å². The molecule has 0 bridgehead atoms. The number of para-hydroxylation sites is 2. The predicted octanol–water partition coefficient (Wildman–Crippen LogP) is 7.41. The van der Waals surface area contributed by atoms with Gasteiger partial charge in [0.2, 0.25) is 0 Å². The minimum Gasteiger partial charge on any atom is -0.456 e. The lowest BCUT2D eigenvalue weighted by Gasteiger charge is -2.36. The van der Waals surface area contributed by atoms with Crippen molar-refractivity contribution in [2.45, 2.75) is 19.9 Å². The van der Waals surface area contributed by atoms with Crippen LogP contribution in [0.4, 0.5) is 11.4 Å². The van der Waals surface area contributed by atoms with E-state index < -0.39 is 0 Å². The Labute approximate surface area is 184 Å². The van der Waals surface area contributed by atoms with Gasteiger partial charge in [-0.2, -0.15) is 5.26 Å². The first-order valence-electron chi connectivity index (χ1n) is 10.9. The molecular weight excluding hydrogens is 394 g/mol. The van der Waals surface area contributed by atoms with Crippen LogP contribution in [0.25, 0.3) is 49.4 Å². The van der Waals surface area contributed by atoms with Crippen LogP contribution in [-0.4, -0.2) is 10.6 Å². The van der Waals surface area contributed by atoms with Gasteiger partial charge in [-0.15, -0.1) is 0 Å². The van der Waals surface area contributed by atoms with Crippen LogP contribution in [0.3, 0.4) is 0 Å². The lowest BCUT2D eigenvalue weighted by molar-refractivity contribution is 0.669. The fraction of sp³-hybridized carbons (Fsp3) is 0.107. The van der Waals surface area contributed by atoms with Crippen molar-refractivity contribution in [1.82, 2.24) is 4.57 Å². The number of benzene rings is 4. The third-order valence-electron chi connectivity index (χ3n) is 6.65. The molecule has 32 heavy (non-hydrogen) atoms. The van der Waals surface area contributed by atoms with E-state index in [0.717, 1.165) is 38.8 Å². The van der Waals surface area contributed by atoms with Crippen LogP contribution in [-0.2, 0) is 0 Å². The van der Waals surface area contributed by atoms with E-state index in [4.69, 9.17) is 4.42 Å². The van der Waals surface area contributed by atoms with E-state index in [0.29, 0.717) is 5.56 Å². The lowest BCUT2D eigenvalue weighted by Crippen LogP contribution is -2.29.